The van der Waals surface area contributed by atoms with Crippen LogP contribution in [0.1, 0.15) is 6.42 Å². The zero-order valence-corrected chi connectivity index (χ0v) is 11.7. The summed E-state index contributed by atoms with van der Waals surface area (Å²) in [7, 11) is 2.99. The molecule has 0 saturated carbocycles. The van der Waals surface area contributed by atoms with Gasteiger partial charge in [0.05, 0.1) is 25.7 Å². The van der Waals surface area contributed by atoms with E-state index in [-0.39, 0.29) is 18.0 Å². The van der Waals surface area contributed by atoms with Crippen LogP contribution < -0.4 is 0 Å². The van der Waals surface area contributed by atoms with Crippen LogP contribution in [0.15, 0.2) is 12.2 Å². The highest BCUT2D eigenvalue weighted by molar-refractivity contribution is 5.91. The Kier molecular flexibility index (Phi) is 3.30. The van der Waals surface area contributed by atoms with E-state index in [0.29, 0.717) is 19.7 Å². The van der Waals surface area contributed by atoms with Crippen molar-refractivity contribution < 1.29 is 23.8 Å². The maximum absolute atomic E-state index is 12.6. The van der Waals surface area contributed by atoms with Gasteiger partial charge in [0, 0.05) is 20.3 Å². The second kappa shape index (κ2) is 4.86. The highest BCUT2D eigenvalue weighted by Gasteiger charge is 2.67. The monoisotopic (exact) mass is 281 g/mol. The fourth-order valence-corrected chi connectivity index (χ4v) is 3.57. The van der Waals surface area contributed by atoms with E-state index >= 15 is 0 Å². The average Bonchev–Trinajstić information content (AvgIpc) is 3.07. The molecule has 0 aromatic heterocycles. The summed E-state index contributed by atoms with van der Waals surface area (Å²) >= 11 is 0. The third-order valence-electron chi connectivity index (χ3n) is 4.43. The van der Waals surface area contributed by atoms with E-state index in [1.807, 2.05) is 12.2 Å². The van der Waals surface area contributed by atoms with E-state index in [1.54, 1.807) is 12.0 Å². The van der Waals surface area contributed by atoms with Crippen LogP contribution in [-0.2, 0) is 23.8 Å². The van der Waals surface area contributed by atoms with Crippen LogP contribution in [0.4, 0.5) is 0 Å². The van der Waals surface area contributed by atoms with E-state index in [2.05, 4.69) is 0 Å². The van der Waals surface area contributed by atoms with Crippen molar-refractivity contribution >= 4 is 11.9 Å². The Morgan fingerprint density at radius 1 is 1.55 bits per heavy atom. The van der Waals surface area contributed by atoms with Crippen molar-refractivity contribution in [3.8, 4) is 0 Å². The van der Waals surface area contributed by atoms with Crippen molar-refractivity contribution in [1.82, 2.24) is 4.90 Å². The second-order valence-electron chi connectivity index (χ2n) is 5.53. The molecule has 3 aliphatic heterocycles. The van der Waals surface area contributed by atoms with Gasteiger partial charge in [-0.15, -0.1) is 0 Å². The number of esters is 1. The first kappa shape index (κ1) is 13.6. The number of fused-ring (bicyclic) bond motifs is 1. The highest BCUT2D eigenvalue weighted by Crippen LogP contribution is 2.52. The zero-order chi connectivity index (χ0) is 14.3. The normalized spacial score (nSPS) is 37.6. The molecule has 6 nitrogen and oxygen atoms in total. The third kappa shape index (κ3) is 1.78. The van der Waals surface area contributed by atoms with Crippen LogP contribution in [0.3, 0.4) is 0 Å². The largest absolute Gasteiger partial charge is 0.469 e. The molecule has 0 aromatic rings. The summed E-state index contributed by atoms with van der Waals surface area (Å²) in [6.07, 6.45) is 4.28. The average molecular weight is 281 g/mol. The lowest BCUT2D eigenvalue weighted by atomic mass is 9.77. The van der Waals surface area contributed by atoms with E-state index in [4.69, 9.17) is 14.2 Å². The van der Waals surface area contributed by atoms with Gasteiger partial charge in [-0.1, -0.05) is 12.2 Å². The molecule has 0 aliphatic carbocycles. The van der Waals surface area contributed by atoms with E-state index in [1.165, 1.54) is 7.11 Å². The van der Waals surface area contributed by atoms with E-state index in [0.717, 1.165) is 6.42 Å². The van der Waals surface area contributed by atoms with E-state index in [9.17, 15) is 9.59 Å². The topological polar surface area (TPSA) is 65.1 Å². The molecule has 6 heteroatoms. The van der Waals surface area contributed by atoms with E-state index < -0.39 is 17.4 Å². The Bertz CT molecular complexity index is 462. The van der Waals surface area contributed by atoms with Gasteiger partial charge >= 0.3 is 5.97 Å². The Morgan fingerprint density at radius 2 is 2.35 bits per heavy atom. The molecule has 20 heavy (non-hydrogen) atoms. The molecule has 0 unspecified atom stereocenters. The van der Waals surface area contributed by atoms with Crippen LogP contribution >= 0.6 is 0 Å². The first-order valence-corrected chi connectivity index (χ1v) is 6.86. The molecule has 2 bridgehead atoms. The number of hydrogen-bond acceptors (Lipinski definition) is 5. The van der Waals surface area contributed by atoms with Gasteiger partial charge in [-0.2, -0.15) is 0 Å². The lowest BCUT2D eigenvalue weighted by Gasteiger charge is -2.22. The van der Waals surface area contributed by atoms with Gasteiger partial charge in [0.1, 0.15) is 11.5 Å². The Labute approximate surface area is 117 Å². The Hall–Kier alpha value is -1.40. The third-order valence-corrected chi connectivity index (χ3v) is 4.43. The summed E-state index contributed by atoms with van der Waals surface area (Å²) in [6.45, 7) is 1.75. The molecular formula is C14H19NO5. The fraction of sp³-hybridized carbons (Fsp3) is 0.714. The molecule has 1 amide bonds. The fourth-order valence-electron chi connectivity index (χ4n) is 3.57. The van der Waals surface area contributed by atoms with Crippen LogP contribution in [0.5, 0.6) is 0 Å². The maximum Gasteiger partial charge on any atom is 0.312 e. The molecular weight excluding hydrogens is 262 g/mol. The number of rotatable bonds is 5. The standard InChI is InChI=1S/C14H19NO5/c1-18-7-3-6-15-8-14-5-4-9(20-14)10(13(17)19-2)11(14)12(15)16/h4-5,9-11H,3,6-8H2,1-2H3/t9-,10-,11-,14+/m1/s1. The van der Waals surface area contributed by atoms with Gasteiger partial charge in [0.2, 0.25) is 5.91 Å². The minimum atomic E-state index is -0.631. The molecule has 2 saturated heterocycles. The lowest BCUT2D eigenvalue weighted by molar-refractivity contribution is -0.151. The predicted molar refractivity (Wildman–Crippen MR) is 68.8 cm³/mol. The molecule has 1 spiro atoms. The molecule has 3 aliphatic rings. The summed E-state index contributed by atoms with van der Waals surface area (Å²) < 4.78 is 15.8. The van der Waals surface area contributed by atoms with Gasteiger partial charge < -0.3 is 19.1 Å². The number of carbonyl (C=O) groups excluding carboxylic acids is 2. The van der Waals surface area contributed by atoms with Gasteiger partial charge in [0.25, 0.3) is 0 Å². The van der Waals surface area contributed by atoms with Crippen molar-refractivity contribution in [2.24, 2.45) is 11.8 Å². The van der Waals surface area contributed by atoms with Crippen molar-refractivity contribution in [3.05, 3.63) is 12.2 Å². The van der Waals surface area contributed by atoms with Crippen LogP contribution in [-0.4, -0.2) is 62.4 Å². The molecule has 0 N–H and O–H groups in total. The summed E-state index contributed by atoms with van der Waals surface area (Å²) in [5.74, 6) is -1.32. The summed E-state index contributed by atoms with van der Waals surface area (Å²) in [5.41, 5.74) is -0.631. The van der Waals surface area contributed by atoms with Crippen molar-refractivity contribution in [1.29, 1.82) is 0 Å². The van der Waals surface area contributed by atoms with Crippen LogP contribution in [0, 0.1) is 11.8 Å². The first-order chi connectivity index (χ1) is 9.63. The zero-order valence-electron chi connectivity index (χ0n) is 11.7. The summed E-state index contributed by atoms with van der Waals surface area (Å²) in [5, 5.41) is 0. The number of ether oxygens (including phenoxy) is 3. The number of likely N-dealkylation sites (tertiary alicyclic amines) is 1. The van der Waals surface area contributed by atoms with Gasteiger partial charge in [-0.25, -0.2) is 0 Å². The molecule has 0 radical (unpaired) electrons. The van der Waals surface area contributed by atoms with Gasteiger partial charge in [-0.3, -0.25) is 9.59 Å². The molecule has 3 heterocycles. The maximum atomic E-state index is 12.6. The predicted octanol–water partition coefficient (Wildman–Crippen LogP) is -0.0221. The molecule has 0 aromatic carbocycles. The Balaban J connectivity index is 1.79. The minimum Gasteiger partial charge on any atom is -0.469 e. The van der Waals surface area contributed by atoms with Crippen molar-refractivity contribution in [3.63, 3.8) is 0 Å². The van der Waals surface area contributed by atoms with Crippen molar-refractivity contribution in [2.75, 3.05) is 33.9 Å². The van der Waals surface area contributed by atoms with Crippen LogP contribution in [0.2, 0.25) is 0 Å². The molecule has 2 fully saturated rings. The van der Waals surface area contributed by atoms with Crippen LogP contribution in [0.25, 0.3) is 0 Å². The van der Waals surface area contributed by atoms with Crippen molar-refractivity contribution in [2.45, 2.75) is 18.1 Å². The molecule has 110 valence electrons. The number of hydrogen-bond donors (Lipinski definition) is 0. The molecule has 4 atom stereocenters. The quantitative estimate of drug-likeness (QED) is 0.402. The first-order valence-electron chi connectivity index (χ1n) is 6.86. The highest BCUT2D eigenvalue weighted by atomic mass is 16.5. The SMILES string of the molecule is COCCCN1C[C@]23C=C[C@@H](O2)[C@@H](C(=O)OC)[C@@H]3C1=O. The number of nitrogens with zero attached hydrogens (tertiary/aromatic N) is 1. The lowest BCUT2D eigenvalue weighted by Crippen LogP contribution is -2.39. The van der Waals surface area contributed by atoms with Gasteiger partial charge in [0.15, 0.2) is 0 Å². The summed E-state index contributed by atoms with van der Waals surface area (Å²) in [4.78, 5) is 26.3. The van der Waals surface area contributed by atoms with Gasteiger partial charge in [-0.05, 0) is 6.42 Å². The number of carbonyl (C=O) groups is 2. The molecule has 3 rings (SSSR count). The minimum absolute atomic E-state index is 0.0108. The Morgan fingerprint density at radius 3 is 3.05 bits per heavy atom. The smallest absolute Gasteiger partial charge is 0.312 e. The number of methoxy groups -OCH3 is 2. The second-order valence-corrected chi connectivity index (χ2v) is 5.53. The number of amides is 1. The summed E-state index contributed by atoms with van der Waals surface area (Å²) in [6, 6.07) is 0.